The molecule has 116 valence electrons. The molecular formula is C14H20N2O5. The van der Waals surface area contributed by atoms with Gasteiger partial charge in [0.1, 0.15) is 5.75 Å². The number of carboxylic acid groups (broad SMARTS) is 1. The van der Waals surface area contributed by atoms with Crippen LogP contribution in [-0.2, 0) is 20.7 Å². The number of benzene rings is 1. The van der Waals surface area contributed by atoms with Gasteiger partial charge in [-0.3, -0.25) is 9.59 Å². The highest BCUT2D eigenvalue weighted by Gasteiger charge is 2.17. The molecule has 0 saturated carbocycles. The molecule has 0 heterocycles. The normalized spacial score (nSPS) is 13.4. The molecule has 0 saturated heterocycles. The van der Waals surface area contributed by atoms with Crippen molar-refractivity contribution >= 4 is 11.9 Å². The molecule has 5 N–H and O–H groups in total. The van der Waals surface area contributed by atoms with Gasteiger partial charge in [0.2, 0.25) is 5.91 Å². The van der Waals surface area contributed by atoms with Gasteiger partial charge in [0, 0.05) is 13.7 Å². The summed E-state index contributed by atoms with van der Waals surface area (Å²) in [5, 5.41) is 20.4. The van der Waals surface area contributed by atoms with Gasteiger partial charge in [-0.15, -0.1) is 0 Å². The Morgan fingerprint density at radius 3 is 2.48 bits per heavy atom. The molecule has 21 heavy (non-hydrogen) atoms. The van der Waals surface area contributed by atoms with E-state index in [0.29, 0.717) is 6.42 Å². The summed E-state index contributed by atoms with van der Waals surface area (Å²) in [5.41, 5.74) is 6.61. The second kappa shape index (κ2) is 8.23. The molecule has 0 bridgehead atoms. The van der Waals surface area contributed by atoms with Gasteiger partial charge in [0.15, 0.2) is 0 Å². The van der Waals surface area contributed by atoms with Gasteiger partial charge in [-0.1, -0.05) is 12.1 Å². The van der Waals surface area contributed by atoms with E-state index in [-0.39, 0.29) is 24.6 Å². The molecular weight excluding hydrogens is 276 g/mol. The number of hydrogen-bond acceptors (Lipinski definition) is 5. The second-order valence-electron chi connectivity index (χ2n) is 4.68. The van der Waals surface area contributed by atoms with E-state index in [0.717, 1.165) is 5.56 Å². The molecule has 0 spiro atoms. The van der Waals surface area contributed by atoms with Crippen LogP contribution >= 0.6 is 0 Å². The fourth-order valence-corrected chi connectivity index (χ4v) is 1.76. The summed E-state index contributed by atoms with van der Waals surface area (Å²) in [7, 11) is 1.39. The summed E-state index contributed by atoms with van der Waals surface area (Å²) in [6.07, 6.45) is -0.459. The predicted octanol–water partition coefficient (Wildman–Crippen LogP) is -0.132. The van der Waals surface area contributed by atoms with Gasteiger partial charge >= 0.3 is 5.97 Å². The SMILES string of the molecule is COC(CNC(=O)[C@H](N)Cc1ccc(O)cc1)CC(=O)O. The summed E-state index contributed by atoms with van der Waals surface area (Å²) in [4.78, 5) is 22.4. The third-order valence-electron chi connectivity index (χ3n) is 2.97. The highest BCUT2D eigenvalue weighted by molar-refractivity contribution is 5.81. The number of carboxylic acids is 1. The lowest BCUT2D eigenvalue weighted by Gasteiger charge is -2.16. The quantitative estimate of drug-likeness (QED) is 0.530. The van der Waals surface area contributed by atoms with E-state index >= 15 is 0 Å². The first kappa shape index (κ1) is 16.9. The minimum atomic E-state index is -0.996. The van der Waals surface area contributed by atoms with Crippen LogP contribution in [0.2, 0.25) is 0 Å². The third-order valence-corrected chi connectivity index (χ3v) is 2.97. The Labute approximate surface area is 122 Å². The summed E-state index contributed by atoms with van der Waals surface area (Å²) in [6.45, 7) is 0.0882. The molecule has 0 radical (unpaired) electrons. The van der Waals surface area contributed by atoms with Crippen molar-refractivity contribution in [3.8, 4) is 5.75 Å². The standard InChI is InChI=1S/C14H20N2O5/c1-21-11(7-13(18)19)8-16-14(20)12(15)6-9-2-4-10(17)5-3-9/h2-5,11-12,17H,6-8,15H2,1H3,(H,16,20)(H,18,19)/t11?,12-/m1/s1. The number of hydrogen-bond donors (Lipinski definition) is 4. The Balaban J connectivity index is 2.43. The van der Waals surface area contributed by atoms with Crippen LogP contribution in [0.1, 0.15) is 12.0 Å². The van der Waals surface area contributed by atoms with Crippen LogP contribution in [0.3, 0.4) is 0 Å². The van der Waals surface area contributed by atoms with Crippen molar-refractivity contribution in [2.75, 3.05) is 13.7 Å². The number of amides is 1. The van der Waals surface area contributed by atoms with Crippen molar-refractivity contribution in [1.29, 1.82) is 0 Å². The van der Waals surface area contributed by atoms with Crippen LogP contribution in [0.5, 0.6) is 5.75 Å². The highest BCUT2D eigenvalue weighted by atomic mass is 16.5. The van der Waals surface area contributed by atoms with Gasteiger partial charge < -0.3 is 26.0 Å². The number of phenols is 1. The smallest absolute Gasteiger partial charge is 0.306 e. The second-order valence-corrected chi connectivity index (χ2v) is 4.68. The first-order valence-corrected chi connectivity index (χ1v) is 6.48. The predicted molar refractivity (Wildman–Crippen MR) is 75.8 cm³/mol. The van der Waals surface area contributed by atoms with E-state index in [2.05, 4.69) is 5.32 Å². The first-order valence-electron chi connectivity index (χ1n) is 6.48. The Kier molecular flexibility index (Phi) is 6.64. The number of nitrogens with one attached hydrogen (secondary N) is 1. The number of aromatic hydroxyl groups is 1. The maximum atomic E-state index is 11.8. The number of carbonyl (C=O) groups excluding carboxylic acids is 1. The molecule has 7 nitrogen and oxygen atoms in total. The molecule has 0 aliphatic rings. The average Bonchev–Trinajstić information content (AvgIpc) is 2.45. The minimum absolute atomic E-state index is 0.0882. The molecule has 2 atom stereocenters. The van der Waals surface area contributed by atoms with Crippen LogP contribution in [0, 0.1) is 0 Å². The lowest BCUT2D eigenvalue weighted by Crippen LogP contribution is -2.45. The number of rotatable bonds is 8. The molecule has 0 fully saturated rings. The molecule has 1 unspecified atom stereocenters. The van der Waals surface area contributed by atoms with Gasteiger partial charge in [-0.2, -0.15) is 0 Å². The van der Waals surface area contributed by atoms with E-state index in [9.17, 15) is 14.7 Å². The third kappa shape index (κ3) is 6.24. The van der Waals surface area contributed by atoms with E-state index in [1.807, 2.05) is 0 Å². The minimum Gasteiger partial charge on any atom is -0.508 e. The van der Waals surface area contributed by atoms with E-state index < -0.39 is 18.1 Å². The zero-order valence-electron chi connectivity index (χ0n) is 11.8. The number of carbonyl (C=O) groups is 2. The molecule has 0 aliphatic carbocycles. The first-order chi connectivity index (χ1) is 9.92. The van der Waals surface area contributed by atoms with Crippen molar-refractivity contribution < 1.29 is 24.5 Å². The molecule has 1 amide bonds. The van der Waals surface area contributed by atoms with E-state index in [4.69, 9.17) is 15.6 Å². The summed E-state index contributed by atoms with van der Waals surface area (Å²) in [5.74, 6) is -1.23. The monoisotopic (exact) mass is 296 g/mol. The van der Waals surface area contributed by atoms with Crippen molar-refractivity contribution in [3.63, 3.8) is 0 Å². The number of phenolic OH excluding ortho intramolecular Hbond substituents is 1. The van der Waals surface area contributed by atoms with Gasteiger partial charge in [0.05, 0.1) is 18.6 Å². The van der Waals surface area contributed by atoms with Gasteiger partial charge in [-0.05, 0) is 24.1 Å². The van der Waals surface area contributed by atoms with Crippen molar-refractivity contribution in [1.82, 2.24) is 5.32 Å². The van der Waals surface area contributed by atoms with Crippen LogP contribution in [0.4, 0.5) is 0 Å². The average molecular weight is 296 g/mol. The molecule has 0 aliphatic heterocycles. The molecule has 7 heteroatoms. The summed E-state index contributed by atoms with van der Waals surface area (Å²) < 4.78 is 4.96. The Hall–Kier alpha value is -2.12. The maximum absolute atomic E-state index is 11.8. The maximum Gasteiger partial charge on any atom is 0.306 e. The van der Waals surface area contributed by atoms with Crippen LogP contribution in [0.15, 0.2) is 24.3 Å². The zero-order chi connectivity index (χ0) is 15.8. The van der Waals surface area contributed by atoms with Gasteiger partial charge in [-0.25, -0.2) is 0 Å². The van der Waals surface area contributed by atoms with E-state index in [1.165, 1.54) is 19.2 Å². The molecule has 1 aromatic carbocycles. The number of methoxy groups -OCH3 is 1. The number of nitrogens with two attached hydrogens (primary N) is 1. The lowest BCUT2D eigenvalue weighted by atomic mass is 10.1. The molecule has 0 aromatic heterocycles. The largest absolute Gasteiger partial charge is 0.508 e. The van der Waals surface area contributed by atoms with Crippen molar-refractivity contribution in [2.24, 2.45) is 5.73 Å². The zero-order valence-corrected chi connectivity index (χ0v) is 11.8. The topological polar surface area (TPSA) is 122 Å². The Bertz CT molecular complexity index is 475. The fraction of sp³-hybridized carbons (Fsp3) is 0.429. The van der Waals surface area contributed by atoms with Crippen molar-refractivity contribution in [2.45, 2.75) is 25.0 Å². The molecule has 1 rings (SSSR count). The van der Waals surface area contributed by atoms with Crippen LogP contribution in [0.25, 0.3) is 0 Å². The van der Waals surface area contributed by atoms with Crippen LogP contribution in [-0.4, -0.2) is 47.9 Å². The molecule has 1 aromatic rings. The van der Waals surface area contributed by atoms with Crippen molar-refractivity contribution in [3.05, 3.63) is 29.8 Å². The fourth-order valence-electron chi connectivity index (χ4n) is 1.76. The Morgan fingerprint density at radius 1 is 1.33 bits per heavy atom. The number of aliphatic carboxylic acids is 1. The Morgan fingerprint density at radius 2 is 1.95 bits per heavy atom. The summed E-state index contributed by atoms with van der Waals surface area (Å²) >= 11 is 0. The van der Waals surface area contributed by atoms with Gasteiger partial charge in [0.25, 0.3) is 0 Å². The summed E-state index contributed by atoms with van der Waals surface area (Å²) in [6, 6.07) is 5.66. The highest BCUT2D eigenvalue weighted by Crippen LogP contribution is 2.10. The van der Waals surface area contributed by atoms with Crippen LogP contribution < -0.4 is 11.1 Å². The van der Waals surface area contributed by atoms with E-state index in [1.54, 1.807) is 12.1 Å². The lowest BCUT2D eigenvalue weighted by molar-refractivity contribution is -0.140. The number of ether oxygens (including phenoxy) is 1.